The van der Waals surface area contributed by atoms with Gasteiger partial charge in [-0.15, -0.1) is 12.4 Å². The summed E-state index contributed by atoms with van der Waals surface area (Å²) in [5.41, 5.74) is -0.322. The molecule has 0 heterocycles. The van der Waals surface area contributed by atoms with Crippen LogP contribution < -0.4 is 0 Å². The fraction of sp³-hybridized carbons (Fsp3) is 0.750. The first kappa shape index (κ1) is 11.4. The Kier molecular flexibility index (Phi) is 2.91. The highest BCUT2D eigenvalue weighted by atomic mass is 35.5. The Morgan fingerprint density at radius 2 is 1.67 bits per heavy atom. The second-order valence-corrected chi connectivity index (χ2v) is 3.73. The molecule has 1 rings (SSSR count). The number of carbonyl (C=O) groups is 2. The number of hydrogen-bond donors (Lipinski definition) is 1. The average Bonchev–Trinajstić information content (AvgIpc) is 2.33. The zero-order chi connectivity index (χ0) is 8.81. The fourth-order valence-electron chi connectivity index (χ4n) is 1.86. The minimum absolute atomic E-state index is 0. The first-order chi connectivity index (χ1) is 4.89. The number of aliphatic carboxylic acids is 1. The molecule has 1 aliphatic rings. The molecular weight excluding hydrogens is 180 g/mol. The van der Waals surface area contributed by atoms with Gasteiger partial charge in [0.15, 0.2) is 0 Å². The van der Waals surface area contributed by atoms with Crippen LogP contribution in [0.2, 0.25) is 0 Å². The average molecular weight is 193 g/mol. The molecule has 1 saturated carbocycles. The Hall–Kier alpha value is -0.570. The summed E-state index contributed by atoms with van der Waals surface area (Å²) in [4.78, 5) is 21.4. The van der Waals surface area contributed by atoms with E-state index in [1.165, 1.54) is 6.92 Å². The Balaban J connectivity index is 0.00000121. The van der Waals surface area contributed by atoms with E-state index >= 15 is 0 Å². The van der Waals surface area contributed by atoms with Crippen LogP contribution in [-0.2, 0) is 9.59 Å². The summed E-state index contributed by atoms with van der Waals surface area (Å²) in [5.74, 6) is -1.59. The first-order valence-electron chi connectivity index (χ1n) is 3.62. The number of carbonyl (C=O) groups excluding carboxylic acids is 1. The van der Waals surface area contributed by atoms with Gasteiger partial charge in [0.05, 0.1) is 5.92 Å². The third-order valence-corrected chi connectivity index (χ3v) is 2.53. The van der Waals surface area contributed by atoms with Crippen LogP contribution in [0.15, 0.2) is 0 Å². The van der Waals surface area contributed by atoms with Gasteiger partial charge < -0.3 is 5.11 Å². The number of Topliss-reactive ketones (excluding diaryl/α,β-unsaturated/α-hetero) is 1. The number of ketones is 1. The molecule has 0 saturated heterocycles. The quantitative estimate of drug-likeness (QED) is 0.719. The van der Waals surface area contributed by atoms with Crippen LogP contribution in [0, 0.1) is 17.3 Å². The lowest BCUT2D eigenvalue weighted by molar-refractivity contribution is -0.140. The van der Waals surface area contributed by atoms with E-state index in [1.807, 2.05) is 13.8 Å². The third-order valence-electron chi connectivity index (χ3n) is 2.53. The summed E-state index contributed by atoms with van der Waals surface area (Å²) < 4.78 is 0. The van der Waals surface area contributed by atoms with E-state index in [-0.39, 0.29) is 29.5 Å². The molecule has 0 spiro atoms. The Morgan fingerprint density at radius 1 is 1.25 bits per heavy atom. The third kappa shape index (κ3) is 1.46. The zero-order valence-corrected chi connectivity index (χ0v) is 8.14. The largest absolute Gasteiger partial charge is 0.481 e. The standard InChI is InChI=1S/C8H12O3.ClH/c1-4(9)5-6(7(10)11)8(5,2)3;/h5-6H,1-3H3,(H,10,11);1H. The van der Waals surface area contributed by atoms with Crippen molar-refractivity contribution >= 4 is 24.2 Å². The van der Waals surface area contributed by atoms with Crippen LogP contribution >= 0.6 is 12.4 Å². The molecule has 1 aliphatic carbocycles. The summed E-state index contributed by atoms with van der Waals surface area (Å²) in [6, 6.07) is 0. The van der Waals surface area contributed by atoms with E-state index < -0.39 is 11.9 Å². The van der Waals surface area contributed by atoms with Crippen LogP contribution in [0.1, 0.15) is 20.8 Å². The van der Waals surface area contributed by atoms with E-state index in [9.17, 15) is 9.59 Å². The van der Waals surface area contributed by atoms with E-state index in [1.54, 1.807) is 0 Å². The first-order valence-corrected chi connectivity index (χ1v) is 3.62. The molecule has 1 fully saturated rings. The summed E-state index contributed by atoms with van der Waals surface area (Å²) in [7, 11) is 0. The summed E-state index contributed by atoms with van der Waals surface area (Å²) in [6.07, 6.45) is 0. The Morgan fingerprint density at radius 3 is 1.75 bits per heavy atom. The van der Waals surface area contributed by atoms with Crippen LogP contribution in [0.25, 0.3) is 0 Å². The molecule has 0 bridgehead atoms. The van der Waals surface area contributed by atoms with Gasteiger partial charge in [-0.25, -0.2) is 0 Å². The smallest absolute Gasteiger partial charge is 0.307 e. The predicted molar refractivity (Wildman–Crippen MR) is 46.3 cm³/mol. The highest BCUT2D eigenvalue weighted by Gasteiger charge is 2.64. The lowest BCUT2D eigenvalue weighted by atomic mass is 10.1. The maximum atomic E-state index is 10.9. The van der Waals surface area contributed by atoms with Crippen molar-refractivity contribution in [3.8, 4) is 0 Å². The van der Waals surface area contributed by atoms with Crippen molar-refractivity contribution in [2.24, 2.45) is 17.3 Å². The van der Waals surface area contributed by atoms with Gasteiger partial charge in [0.2, 0.25) is 0 Å². The Labute approximate surface area is 77.6 Å². The summed E-state index contributed by atoms with van der Waals surface area (Å²) >= 11 is 0. The lowest BCUT2D eigenvalue weighted by Gasteiger charge is -1.96. The van der Waals surface area contributed by atoms with Crippen LogP contribution in [-0.4, -0.2) is 16.9 Å². The second-order valence-electron chi connectivity index (χ2n) is 3.73. The Bertz CT molecular complexity index is 200. The minimum atomic E-state index is -0.852. The molecule has 0 radical (unpaired) electrons. The highest BCUT2D eigenvalue weighted by Crippen LogP contribution is 2.58. The molecule has 2 atom stereocenters. The van der Waals surface area contributed by atoms with E-state index in [2.05, 4.69) is 0 Å². The van der Waals surface area contributed by atoms with Crippen molar-refractivity contribution in [2.45, 2.75) is 20.8 Å². The van der Waals surface area contributed by atoms with Gasteiger partial charge in [-0.1, -0.05) is 13.8 Å². The number of halogens is 1. The molecule has 2 unspecified atom stereocenters. The van der Waals surface area contributed by atoms with Gasteiger partial charge in [-0.3, -0.25) is 9.59 Å². The van der Waals surface area contributed by atoms with Crippen molar-refractivity contribution in [1.29, 1.82) is 0 Å². The second kappa shape index (κ2) is 3.05. The predicted octanol–water partition coefficient (Wildman–Crippen LogP) is 1.35. The van der Waals surface area contributed by atoms with Gasteiger partial charge in [-0.05, 0) is 12.3 Å². The SMILES string of the molecule is CC(=O)C1C(C(=O)O)C1(C)C.Cl. The van der Waals surface area contributed by atoms with Crippen molar-refractivity contribution in [1.82, 2.24) is 0 Å². The maximum absolute atomic E-state index is 10.9. The zero-order valence-electron chi connectivity index (χ0n) is 7.33. The minimum Gasteiger partial charge on any atom is -0.481 e. The normalized spacial score (nSPS) is 30.2. The van der Waals surface area contributed by atoms with Gasteiger partial charge in [0.25, 0.3) is 0 Å². The number of hydrogen-bond acceptors (Lipinski definition) is 2. The number of carboxylic acids is 1. The molecule has 0 aromatic rings. The fourth-order valence-corrected chi connectivity index (χ4v) is 1.86. The molecule has 1 N–H and O–H groups in total. The molecule has 0 amide bonds. The van der Waals surface area contributed by atoms with Gasteiger partial charge in [0.1, 0.15) is 5.78 Å². The van der Waals surface area contributed by atoms with E-state index in [4.69, 9.17) is 5.11 Å². The van der Waals surface area contributed by atoms with Crippen molar-refractivity contribution < 1.29 is 14.7 Å². The summed E-state index contributed by atoms with van der Waals surface area (Å²) in [6.45, 7) is 5.09. The van der Waals surface area contributed by atoms with Gasteiger partial charge in [0, 0.05) is 5.92 Å². The maximum Gasteiger partial charge on any atom is 0.307 e. The van der Waals surface area contributed by atoms with Crippen molar-refractivity contribution in [3.05, 3.63) is 0 Å². The molecule has 0 aromatic carbocycles. The molecular formula is C8H13ClO3. The number of rotatable bonds is 2. The summed E-state index contributed by atoms with van der Waals surface area (Å²) in [5, 5.41) is 8.66. The van der Waals surface area contributed by atoms with Gasteiger partial charge in [-0.2, -0.15) is 0 Å². The van der Waals surface area contributed by atoms with E-state index in [0.29, 0.717) is 0 Å². The van der Waals surface area contributed by atoms with Crippen molar-refractivity contribution in [3.63, 3.8) is 0 Å². The molecule has 3 nitrogen and oxygen atoms in total. The van der Waals surface area contributed by atoms with Gasteiger partial charge >= 0.3 is 5.97 Å². The van der Waals surface area contributed by atoms with Crippen molar-refractivity contribution in [2.75, 3.05) is 0 Å². The van der Waals surface area contributed by atoms with E-state index in [0.717, 1.165) is 0 Å². The van der Waals surface area contributed by atoms with Crippen LogP contribution in [0.4, 0.5) is 0 Å². The number of carboxylic acid groups (broad SMARTS) is 1. The molecule has 70 valence electrons. The molecule has 0 aromatic heterocycles. The topological polar surface area (TPSA) is 54.4 Å². The highest BCUT2D eigenvalue weighted by molar-refractivity contribution is 5.91. The molecule has 0 aliphatic heterocycles. The molecule has 4 heteroatoms. The lowest BCUT2D eigenvalue weighted by Crippen LogP contribution is -2.04. The van der Waals surface area contributed by atoms with Crippen LogP contribution in [0.3, 0.4) is 0 Å². The monoisotopic (exact) mass is 192 g/mol. The molecule has 12 heavy (non-hydrogen) atoms. The van der Waals surface area contributed by atoms with Crippen LogP contribution in [0.5, 0.6) is 0 Å².